The van der Waals surface area contributed by atoms with Crippen molar-refractivity contribution in [3.05, 3.63) is 46.5 Å². The molecule has 0 radical (unpaired) electrons. The monoisotopic (exact) mass is 466 g/mol. The number of sulfonamides is 1. The molecule has 0 saturated carbocycles. The van der Waals surface area contributed by atoms with Crippen LogP contribution in [0.5, 0.6) is 11.5 Å². The smallest absolute Gasteiger partial charge is 0.255 e. The summed E-state index contributed by atoms with van der Waals surface area (Å²) in [5.41, 5.74) is 1.41. The third kappa shape index (κ3) is 4.81. The molecule has 1 N–H and O–H groups in total. The Morgan fingerprint density at radius 2 is 1.84 bits per heavy atom. The minimum absolute atomic E-state index is 0.0179. The van der Waals surface area contributed by atoms with E-state index < -0.39 is 15.9 Å². The molecule has 2 aromatic carbocycles. The molecule has 0 bridgehead atoms. The molecule has 1 heterocycles. The lowest BCUT2D eigenvalue weighted by molar-refractivity contribution is 0.102. The van der Waals surface area contributed by atoms with Crippen LogP contribution in [0.3, 0.4) is 0 Å². The van der Waals surface area contributed by atoms with Crippen molar-refractivity contribution >= 4 is 33.2 Å². The van der Waals surface area contributed by atoms with Crippen LogP contribution in [-0.4, -0.2) is 45.4 Å². The highest BCUT2D eigenvalue weighted by molar-refractivity contribution is 7.89. The van der Waals surface area contributed by atoms with Crippen molar-refractivity contribution in [1.29, 1.82) is 0 Å². The van der Waals surface area contributed by atoms with Gasteiger partial charge in [-0.15, -0.1) is 0 Å². The SMILES string of the molecule is COc1cc(Cl)c(C)cc1NC(=O)c1ccc(OC)c(S(=O)(=O)N2CCCC[C@@H]2C)c1. The van der Waals surface area contributed by atoms with Crippen LogP contribution in [0, 0.1) is 6.92 Å². The van der Waals surface area contributed by atoms with Gasteiger partial charge in [-0.3, -0.25) is 4.79 Å². The fourth-order valence-corrected chi connectivity index (χ4v) is 5.74. The highest BCUT2D eigenvalue weighted by Crippen LogP contribution is 2.33. The van der Waals surface area contributed by atoms with Crippen molar-refractivity contribution in [2.45, 2.75) is 44.0 Å². The first-order valence-electron chi connectivity index (χ1n) is 10.0. The van der Waals surface area contributed by atoms with Crippen LogP contribution in [0.4, 0.5) is 5.69 Å². The Balaban J connectivity index is 1.97. The number of halogens is 1. The first-order valence-corrected chi connectivity index (χ1v) is 11.9. The maximum absolute atomic E-state index is 13.4. The van der Waals surface area contributed by atoms with Gasteiger partial charge in [-0.1, -0.05) is 18.0 Å². The molecular formula is C22H27ClN2O5S. The lowest BCUT2D eigenvalue weighted by atomic mass is 10.1. The zero-order valence-electron chi connectivity index (χ0n) is 18.1. The lowest BCUT2D eigenvalue weighted by Crippen LogP contribution is -2.42. The molecule has 1 aliphatic heterocycles. The second-order valence-corrected chi connectivity index (χ2v) is 9.85. The normalized spacial score (nSPS) is 17.3. The third-order valence-electron chi connectivity index (χ3n) is 5.48. The number of carbonyl (C=O) groups excluding carboxylic acids is 1. The summed E-state index contributed by atoms with van der Waals surface area (Å²) < 4.78 is 38.8. The average molecular weight is 467 g/mol. The van der Waals surface area contributed by atoms with Crippen LogP contribution in [-0.2, 0) is 10.0 Å². The summed E-state index contributed by atoms with van der Waals surface area (Å²) in [4.78, 5) is 12.9. The molecule has 1 atom stereocenters. The first kappa shape index (κ1) is 23.4. The van der Waals surface area contributed by atoms with E-state index in [0.29, 0.717) is 23.0 Å². The van der Waals surface area contributed by atoms with Gasteiger partial charge in [-0.2, -0.15) is 4.31 Å². The standard InChI is InChI=1S/C22H27ClN2O5S/c1-14-11-18(20(30-4)13-17(14)23)24-22(26)16-8-9-19(29-3)21(12-16)31(27,28)25-10-6-5-7-15(25)2/h8-9,11-13,15H,5-7,10H2,1-4H3,(H,24,26)/t15-/m0/s1. The number of hydrogen-bond acceptors (Lipinski definition) is 5. The van der Waals surface area contributed by atoms with Gasteiger partial charge in [0.15, 0.2) is 0 Å². The maximum Gasteiger partial charge on any atom is 0.255 e. The van der Waals surface area contributed by atoms with Crippen molar-refractivity contribution in [3.8, 4) is 11.5 Å². The minimum atomic E-state index is -3.82. The summed E-state index contributed by atoms with van der Waals surface area (Å²) in [6.07, 6.45) is 2.61. The van der Waals surface area contributed by atoms with E-state index in [0.717, 1.165) is 24.8 Å². The molecule has 1 amide bonds. The number of ether oxygens (including phenoxy) is 2. The molecule has 31 heavy (non-hydrogen) atoms. The van der Waals surface area contributed by atoms with Gasteiger partial charge in [0, 0.05) is 29.2 Å². The molecule has 0 spiro atoms. The van der Waals surface area contributed by atoms with Crippen molar-refractivity contribution in [2.75, 3.05) is 26.1 Å². The van der Waals surface area contributed by atoms with Crippen LogP contribution < -0.4 is 14.8 Å². The third-order valence-corrected chi connectivity index (χ3v) is 7.93. The van der Waals surface area contributed by atoms with E-state index in [1.54, 1.807) is 12.1 Å². The Kier molecular flexibility index (Phi) is 7.13. The number of aryl methyl sites for hydroxylation is 1. The molecular weight excluding hydrogens is 440 g/mol. The van der Waals surface area contributed by atoms with E-state index in [1.807, 2.05) is 13.8 Å². The molecule has 3 rings (SSSR count). The highest BCUT2D eigenvalue weighted by Gasteiger charge is 2.33. The van der Waals surface area contributed by atoms with E-state index in [-0.39, 0.29) is 22.3 Å². The average Bonchev–Trinajstić information content (AvgIpc) is 2.75. The van der Waals surface area contributed by atoms with Gasteiger partial charge in [0.25, 0.3) is 5.91 Å². The van der Waals surface area contributed by atoms with E-state index >= 15 is 0 Å². The summed E-state index contributed by atoms with van der Waals surface area (Å²) in [5.74, 6) is 0.146. The van der Waals surface area contributed by atoms with Crippen LogP contribution in [0.15, 0.2) is 35.2 Å². The molecule has 1 aliphatic rings. The van der Waals surface area contributed by atoms with Crippen molar-refractivity contribution in [1.82, 2.24) is 4.31 Å². The van der Waals surface area contributed by atoms with Crippen LogP contribution >= 0.6 is 11.6 Å². The molecule has 0 aromatic heterocycles. The number of hydrogen-bond donors (Lipinski definition) is 1. The number of carbonyl (C=O) groups is 1. The van der Waals surface area contributed by atoms with Crippen molar-refractivity contribution in [3.63, 3.8) is 0 Å². The van der Waals surface area contributed by atoms with Gasteiger partial charge in [0.1, 0.15) is 16.4 Å². The van der Waals surface area contributed by atoms with Crippen molar-refractivity contribution < 1.29 is 22.7 Å². The number of anilines is 1. The van der Waals surface area contributed by atoms with Gasteiger partial charge >= 0.3 is 0 Å². The minimum Gasteiger partial charge on any atom is -0.495 e. The highest BCUT2D eigenvalue weighted by atomic mass is 35.5. The van der Waals surface area contributed by atoms with Gasteiger partial charge < -0.3 is 14.8 Å². The lowest BCUT2D eigenvalue weighted by Gasteiger charge is -2.32. The first-order chi connectivity index (χ1) is 14.7. The van der Waals surface area contributed by atoms with Gasteiger partial charge in [-0.25, -0.2) is 8.42 Å². The topological polar surface area (TPSA) is 84.9 Å². The number of piperidine rings is 1. The molecule has 0 unspecified atom stereocenters. The number of benzene rings is 2. The van der Waals surface area contributed by atoms with Gasteiger partial charge in [0.2, 0.25) is 10.0 Å². The fraction of sp³-hybridized carbons (Fsp3) is 0.409. The molecule has 7 nitrogen and oxygen atoms in total. The van der Waals surface area contributed by atoms with E-state index in [1.165, 1.54) is 36.7 Å². The largest absolute Gasteiger partial charge is 0.495 e. The molecule has 1 saturated heterocycles. The maximum atomic E-state index is 13.4. The number of rotatable bonds is 6. The summed E-state index contributed by atoms with van der Waals surface area (Å²) in [7, 11) is -0.929. The number of amides is 1. The summed E-state index contributed by atoms with van der Waals surface area (Å²) >= 11 is 6.13. The molecule has 1 fully saturated rings. The fourth-order valence-electron chi connectivity index (χ4n) is 3.70. The Bertz CT molecular complexity index is 1090. The van der Waals surface area contributed by atoms with Crippen molar-refractivity contribution in [2.24, 2.45) is 0 Å². The number of nitrogens with zero attached hydrogens (tertiary/aromatic N) is 1. The van der Waals surface area contributed by atoms with Crippen LogP contribution in [0.25, 0.3) is 0 Å². The van der Waals surface area contributed by atoms with E-state index in [9.17, 15) is 13.2 Å². The van der Waals surface area contributed by atoms with E-state index in [2.05, 4.69) is 5.32 Å². The van der Waals surface area contributed by atoms with Crippen LogP contribution in [0.1, 0.15) is 42.1 Å². The molecule has 2 aromatic rings. The zero-order valence-corrected chi connectivity index (χ0v) is 19.6. The summed E-state index contributed by atoms with van der Waals surface area (Å²) in [6, 6.07) is 7.61. The predicted molar refractivity (Wildman–Crippen MR) is 121 cm³/mol. The zero-order chi connectivity index (χ0) is 22.8. The Morgan fingerprint density at radius 3 is 2.48 bits per heavy atom. The predicted octanol–water partition coefficient (Wildman–Crippen LogP) is 4.48. The van der Waals surface area contributed by atoms with Gasteiger partial charge in [0.05, 0.1) is 19.9 Å². The molecule has 9 heteroatoms. The Hall–Kier alpha value is -2.29. The quantitative estimate of drug-likeness (QED) is 0.678. The number of methoxy groups -OCH3 is 2. The number of nitrogens with one attached hydrogen (secondary N) is 1. The molecule has 168 valence electrons. The van der Waals surface area contributed by atoms with E-state index in [4.69, 9.17) is 21.1 Å². The second-order valence-electron chi connectivity index (χ2n) is 7.58. The summed E-state index contributed by atoms with van der Waals surface area (Å²) in [5, 5.41) is 3.30. The Labute approximate surface area is 188 Å². The summed E-state index contributed by atoms with van der Waals surface area (Å²) in [6.45, 7) is 4.16. The van der Waals surface area contributed by atoms with Crippen LogP contribution in [0.2, 0.25) is 5.02 Å². The van der Waals surface area contributed by atoms with Gasteiger partial charge in [-0.05, 0) is 56.5 Å². The Morgan fingerprint density at radius 1 is 1.13 bits per heavy atom. The molecule has 0 aliphatic carbocycles. The second kappa shape index (κ2) is 9.46.